The number of hydrogen-bond donors (Lipinski definition) is 3. The molecule has 0 aliphatic carbocycles. The third kappa shape index (κ3) is 3.61. The molecule has 1 aromatic carbocycles. The molecule has 17 heavy (non-hydrogen) atoms. The van der Waals surface area contributed by atoms with Crippen LogP contribution in [-0.4, -0.2) is 36.6 Å². The topological polar surface area (TPSA) is 61.7 Å². The molecule has 0 radical (unpaired) electrons. The largest absolute Gasteiger partial charge is 0.495 e. The molecule has 0 heterocycles. The maximum atomic E-state index is 9.19. The Labute approximate surface area is 102 Å². The second-order valence-corrected chi connectivity index (χ2v) is 4.17. The molecule has 4 heteroatoms. The van der Waals surface area contributed by atoms with Crippen molar-refractivity contribution in [1.29, 1.82) is 0 Å². The SMILES string of the molecule is COc1cc(C)c(C)cc1NC(CO)CCO. The minimum atomic E-state index is -0.156. The quantitative estimate of drug-likeness (QED) is 0.703. The fourth-order valence-electron chi connectivity index (χ4n) is 1.66. The van der Waals surface area contributed by atoms with Gasteiger partial charge in [0.15, 0.2) is 0 Å². The zero-order chi connectivity index (χ0) is 12.8. The van der Waals surface area contributed by atoms with E-state index >= 15 is 0 Å². The van der Waals surface area contributed by atoms with Crippen LogP contribution >= 0.6 is 0 Å². The van der Waals surface area contributed by atoms with Crippen LogP contribution in [0.25, 0.3) is 0 Å². The molecule has 96 valence electrons. The summed E-state index contributed by atoms with van der Waals surface area (Å²) < 4.78 is 5.30. The fraction of sp³-hybridized carbons (Fsp3) is 0.538. The summed E-state index contributed by atoms with van der Waals surface area (Å²) in [5, 5.41) is 21.3. The van der Waals surface area contributed by atoms with Gasteiger partial charge in [-0.2, -0.15) is 0 Å². The van der Waals surface area contributed by atoms with E-state index < -0.39 is 0 Å². The van der Waals surface area contributed by atoms with Crippen molar-refractivity contribution in [2.75, 3.05) is 25.6 Å². The van der Waals surface area contributed by atoms with Gasteiger partial charge in [-0.15, -0.1) is 0 Å². The lowest BCUT2D eigenvalue weighted by molar-refractivity contribution is 0.228. The summed E-state index contributed by atoms with van der Waals surface area (Å²) in [5.74, 6) is 0.754. The van der Waals surface area contributed by atoms with Crippen molar-refractivity contribution < 1.29 is 14.9 Å². The minimum Gasteiger partial charge on any atom is -0.495 e. The zero-order valence-electron chi connectivity index (χ0n) is 10.7. The van der Waals surface area contributed by atoms with Crippen LogP contribution in [0.5, 0.6) is 5.75 Å². The number of benzene rings is 1. The lowest BCUT2D eigenvalue weighted by Gasteiger charge is -2.19. The van der Waals surface area contributed by atoms with Gasteiger partial charge >= 0.3 is 0 Å². The first kappa shape index (κ1) is 13.8. The van der Waals surface area contributed by atoms with E-state index in [1.54, 1.807) is 7.11 Å². The van der Waals surface area contributed by atoms with Crippen molar-refractivity contribution in [3.63, 3.8) is 0 Å². The summed E-state index contributed by atoms with van der Waals surface area (Å²) in [6.07, 6.45) is 0.507. The van der Waals surface area contributed by atoms with Gasteiger partial charge in [-0.05, 0) is 43.5 Å². The Bertz CT molecular complexity index is 366. The van der Waals surface area contributed by atoms with Crippen molar-refractivity contribution in [1.82, 2.24) is 0 Å². The summed E-state index contributed by atoms with van der Waals surface area (Å²) in [6.45, 7) is 4.08. The third-order valence-electron chi connectivity index (χ3n) is 2.87. The Hall–Kier alpha value is -1.26. The molecule has 0 aromatic heterocycles. The van der Waals surface area contributed by atoms with Crippen molar-refractivity contribution in [2.24, 2.45) is 0 Å². The normalized spacial score (nSPS) is 12.3. The smallest absolute Gasteiger partial charge is 0.142 e. The molecule has 3 N–H and O–H groups in total. The van der Waals surface area contributed by atoms with Crippen LogP contribution in [0.4, 0.5) is 5.69 Å². The molecule has 0 aliphatic rings. The molecule has 0 saturated heterocycles. The molecule has 4 nitrogen and oxygen atoms in total. The molecule has 0 bridgehead atoms. The Morgan fingerprint density at radius 3 is 2.41 bits per heavy atom. The number of aliphatic hydroxyl groups excluding tert-OH is 2. The second-order valence-electron chi connectivity index (χ2n) is 4.17. The van der Waals surface area contributed by atoms with E-state index in [2.05, 4.69) is 5.32 Å². The van der Waals surface area contributed by atoms with Crippen molar-refractivity contribution in [2.45, 2.75) is 26.3 Å². The van der Waals surface area contributed by atoms with E-state index in [1.165, 1.54) is 0 Å². The highest BCUT2D eigenvalue weighted by atomic mass is 16.5. The van der Waals surface area contributed by atoms with Crippen LogP contribution in [0, 0.1) is 13.8 Å². The Balaban J connectivity index is 2.91. The van der Waals surface area contributed by atoms with Gasteiger partial charge in [0.05, 0.1) is 25.4 Å². The van der Waals surface area contributed by atoms with E-state index in [-0.39, 0.29) is 19.3 Å². The summed E-state index contributed by atoms with van der Waals surface area (Å²) in [5.41, 5.74) is 3.17. The van der Waals surface area contributed by atoms with Gasteiger partial charge in [0, 0.05) is 6.61 Å². The van der Waals surface area contributed by atoms with Crippen LogP contribution < -0.4 is 10.1 Å². The number of aryl methyl sites for hydroxylation is 2. The lowest BCUT2D eigenvalue weighted by Crippen LogP contribution is -2.25. The standard InChI is InChI=1S/C13H21NO3/c1-9-6-12(13(17-3)7-10(9)2)14-11(8-16)4-5-15/h6-7,11,14-16H,4-5,8H2,1-3H3. The molecule has 0 fully saturated rings. The number of nitrogens with one attached hydrogen (secondary N) is 1. The highest BCUT2D eigenvalue weighted by Crippen LogP contribution is 2.28. The predicted octanol–water partition coefficient (Wildman–Crippen LogP) is 1.47. The maximum absolute atomic E-state index is 9.19. The fourth-order valence-corrected chi connectivity index (χ4v) is 1.66. The lowest BCUT2D eigenvalue weighted by atomic mass is 10.1. The van der Waals surface area contributed by atoms with E-state index in [9.17, 15) is 5.11 Å². The summed E-state index contributed by atoms with van der Waals surface area (Å²) in [7, 11) is 1.62. The van der Waals surface area contributed by atoms with Gasteiger partial charge in [0.2, 0.25) is 0 Å². The number of methoxy groups -OCH3 is 1. The molecule has 0 aliphatic heterocycles. The van der Waals surface area contributed by atoms with Gasteiger partial charge in [0.1, 0.15) is 5.75 Å². The summed E-state index contributed by atoms with van der Waals surface area (Å²) >= 11 is 0. The molecular weight excluding hydrogens is 218 g/mol. The first-order valence-electron chi connectivity index (χ1n) is 5.75. The van der Waals surface area contributed by atoms with Crippen LogP contribution in [0.15, 0.2) is 12.1 Å². The van der Waals surface area contributed by atoms with Crippen LogP contribution in [-0.2, 0) is 0 Å². The molecule has 1 rings (SSSR count). The molecular formula is C13H21NO3. The van der Waals surface area contributed by atoms with Crippen molar-refractivity contribution in [3.05, 3.63) is 23.3 Å². The summed E-state index contributed by atoms with van der Waals surface area (Å²) in [6, 6.07) is 3.80. The predicted molar refractivity (Wildman–Crippen MR) is 68.7 cm³/mol. The van der Waals surface area contributed by atoms with Gasteiger partial charge in [0.25, 0.3) is 0 Å². The molecule has 1 atom stereocenters. The number of rotatable bonds is 6. The van der Waals surface area contributed by atoms with Gasteiger partial charge in [-0.1, -0.05) is 0 Å². The number of aliphatic hydroxyl groups is 2. The van der Waals surface area contributed by atoms with Crippen LogP contribution in [0.2, 0.25) is 0 Å². The molecule has 1 unspecified atom stereocenters. The minimum absolute atomic E-state index is 0.0172. The Kier molecular flexibility index (Phi) is 5.25. The third-order valence-corrected chi connectivity index (χ3v) is 2.87. The van der Waals surface area contributed by atoms with Crippen LogP contribution in [0.3, 0.4) is 0 Å². The first-order valence-corrected chi connectivity index (χ1v) is 5.75. The molecule has 0 saturated carbocycles. The number of hydrogen-bond acceptors (Lipinski definition) is 4. The van der Waals surface area contributed by atoms with E-state index in [0.717, 1.165) is 22.6 Å². The van der Waals surface area contributed by atoms with Crippen LogP contribution in [0.1, 0.15) is 17.5 Å². The number of ether oxygens (including phenoxy) is 1. The van der Waals surface area contributed by atoms with E-state index in [0.29, 0.717) is 6.42 Å². The second kappa shape index (κ2) is 6.47. The average Bonchev–Trinajstić information content (AvgIpc) is 2.32. The average molecular weight is 239 g/mol. The highest BCUT2D eigenvalue weighted by Gasteiger charge is 2.11. The van der Waals surface area contributed by atoms with Crippen molar-refractivity contribution in [3.8, 4) is 5.75 Å². The van der Waals surface area contributed by atoms with Crippen molar-refractivity contribution >= 4 is 5.69 Å². The highest BCUT2D eigenvalue weighted by molar-refractivity contribution is 5.60. The maximum Gasteiger partial charge on any atom is 0.142 e. The number of anilines is 1. The summed E-state index contributed by atoms with van der Waals surface area (Å²) in [4.78, 5) is 0. The molecule has 1 aromatic rings. The van der Waals surface area contributed by atoms with Gasteiger partial charge < -0.3 is 20.3 Å². The Morgan fingerprint density at radius 2 is 1.88 bits per heavy atom. The molecule has 0 amide bonds. The van der Waals surface area contributed by atoms with Gasteiger partial charge in [-0.3, -0.25) is 0 Å². The van der Waals surface area contributed by atoms with Gasteiger partial charge in [-0.25, -0.2) is 0 Å². The Morgan fingerprint density at radius 1 is 1.24 bits per heavy atom. The monoisotopic (exact) mass is 239 g/mol. The molecule has 0 spiro atoms. The van der Waals surface area contributed by atoms with E-state index in [4.69, 9.17) is 9.84 Å². The zero-order valence-corrected chi connectivity index (χ0v) is 10.7. The van der Waals surface area contributed by atoms with E-state index in [1.807, 2.05) is 26.0 Å². The first-order chi connectivity index (χ1) is 8.12.